The summed E-state index contributed by atoms with van der Waals surface area (Å²) in [5, 5.41) is 3.37. The standard InChI is InChI=1S/C15H25N3O/c1-5-7-12-11-8-16-9-13(11)18-15(17-12)14(10(3)4)19-6-2/h10,14,16H,5-9H2,1-4H3. The number of rotatable bonds is 6. The van der Waals surface area contributed by atoms with Crippen LogP contribution in [0.5, 0.6) is 0 Å². The van der Waals surface area contributed by atoms with E-state index in [2.05, 4.69) is 26.1 Å². The molecule has 4 heteroatoms. The number of aromatic nitrogens is 2. The molecule has 1 atom stereocenters. The number of nitrogens with zero attached hydrogens (tertiary/aromatic N) is 2. The summed E-state index contributed by atoms with van der Waals surface area (Å²) in [5.41, 5.74) is 3.68. The van der Waals surface area contributed by atoms with Crippen LogP contribution in [0.3, 0.4) is 0 Å². The topological polar surface area (TPSA) is 47.0 Å². The lowest BCUT2D eigenvalue weighted by molar-refractivity contribution is 0.0229. The minimum Gasteiger partial charge on any atom is -0.370 e. The van der Waals surface area contributed by atoms with E-state index in [0.29, 0.717) is 12.5 Å². The minimum atomic E-state index is 0.00602. The fraction of sp³-hybridized carbons (Fsp3) is 0.733. The Bertz CT molecular complexity index is 432. The van der Waals surface area contributed by atoms with E-state index >= 15 is 0 Å². The smallest absolute Gasteiger partial charge is 0.157 e. The first kappa shape index (κ1) is 14.4. The van der Waals surface area contributed by atoms with E-state index in [1.54, 1.807) is 0 Å². The van der Waals surface area contributed by atoms with Gasteiger partial charge in [-0.1, -0.05) is 27.2 Å². The summed E-state index contributed by atoms with van der Waals surface area (Å²) < 4.78 is 5.84. The largest absolute Gasteiger partial charge is 0.370 e. The molecule has 1 aromatic rings. The van der Waals surface area contributed by atoms with Crippen LogP contribution < -0.4 is 5.32 Å². The third-order valence-electron chi connectivity index (χ3n) is 3.48. The lowest BCUT2D eigenvalue weighted by Gasteiger charge is -2.21. The summed E-state index contributed by atoms with van der Waals surface area (Å²) in [5.74, 6) is 1.25. The summed E-state index contributed by atoms with van der Waals surface area (Å²) in [6.07, 6.45) is 2.15. The predicted molar refractivity (Wildman–Crippen MR) is 75.8 cm³/mol. The van der Waals surface area contributed by atoms with Crippen LogP contribution in [0, 0.1) is 5.92 Å². The van der Waals surface area contributed by atoms with Crippen molar-refractivity contribution < 1.29 is 4.74 Å². The van der Waals surface area contributed by atoms with Crippen molar-refractivity contribution in [2.24, 2.45) is 5.92 Å². The second-order valence-electron chi connectivity index (χ2n) is 5.43. The first-order valence-electron chi connectivity index (χ1n) is 7.38. The van der Waals surface area contributed by atoms with Gasteiger partial charge < -0.3 is 10.1 Å². The van der Waals surface area contributed by atoms with Crippen molar-refractivity contribution in [3.05, 3.63) is 22.8 Å². The van der Waals surface area contributed by atoms with Crippen LogP contribution in [0.2, 0.25) is 0 Å². The second kappa shape index (κ2) is 6.44. The maximum Gasteiger partial charge on any atom is 0.157 e. The van der Waals surface area contributed by atoms with Crippen molar-refractivity contribution >= 4 is 0 Å². The lowest BCUT2D eigenvalue weighted by atomic mass is 10.0. The van der Waals surface area contributed by atoms with Crippen LogP contribution in [0.25, 0.3) is 0 Å². The van der Waals surface area contributed by atoms with Crippen LogP contribution in [0.15, 0.2) is 0 Å². The lowest BCUT2D eigenvalue weighted by Crippen LogP contribution is -2.17. The first-order valence-corrected chi connectivity index (χ1v) is 7.38. The van der Waals surface area contributed by atoms with Crippen molar-refractivity contribution in [3.8, 4) is 0 Å². The highest BCUT2D eigenvalue weighted by Gasteiger charge is 2.24. The molecule has 0 spiro atoms. The first-order chi connectivity index (χ1) is 9.17. The van der Waals surface area contributed by atoms with Crippen LogP contribution in [0.1, 0.15) is 63.0 Å². The van der Waals surface area contributed by atoms with Crippen molar-refractivity contribution in [2.75, 3.05) is 6.61 Å². The maximum atomic E-state index is 5.84. The molecule has 1 aliphatic rings. The average Bonchev–Trinajstić information content (AvgIpc) is 2.84. The highest BCUT2D eigenvalue weighted by molar-refractivity contribution is 5.30. The molecular formula is C15H25N3O. The van der Waals surface area contributed by atoms with Crippen molar-refractivity contribution in [3.63, 3.8) is 0 Å². The number of fused-ring (bicyclic) bond motifs is 1. The van der Waals surface area contributed by atoms with Crippen LogP contribution in [-0.2, 0) is 24.2 Å². The van der Waals surface area contributed by atoms with Gasteiger partial charge >= 0.3 is 0 Å². The highest BCUT2D eigenvalue weighted by atomic mass is 16.5. The minimum absolute atomic E-state index is 0.00602. The summed E-state index contributed by atoms with van der Waals surface area (Å²) in [6, 6.07) is 0. The van der Waals surface area contributed by atoms with Gasteiger partial charge in [0.25, 0.3) is 0 Å². The fourth-order valence-electron chi connectivity index (χ4n) is 2.57. The SMILES string of the molecule is CCCc1nc(C(OCC)C(C)C)nc2c1CNC2. The van der Waals surface area contributed by atoms with Crippen molar-refractivity contribution in [2.45, 2.75) is 59.7 Å². The Balaban J connectivity index is 2.37. The molecule has 1 aliphatic heterocycles. The number of hydrogen-bond acceptors (Lipinski definition) is 4. The zero-order valence-corrected chi connectivity index (χ0v) is 12.5. The van der Waals surface area contributed by atoms with Crippen LogP contribution in [0.4, 0.5) is 0 Å². The van der Waals surface area contributed by atoms with Gasteiger partial charge in [-0.15, -0.1) is 0 Å². The third-order valence-corrected chi connectivity index (χ3v) is 3.48. The molecule has 0 bridgehead atoms. The molecule has 1 aromatic heterocycles. The van der Waals surface area contributed by atoms with E-state index < -0.39 is 0 Å². The van der Waals surface area contributed by atoms with E-state index in [4.69, 9.17) is 14.7 Å². The monoisotopic (exact) mass is 263 g/mol. The van der Waals surface area contributed by atoms with Gasteiger partial charge in [0.1, 0.15) is 6.10 Å². The van der Waals surface area contributed by atoms with E-state index in [0.717, 1.165) is 31.8 Å². The van der Waals surface area contributed by atoms with Gasteiger partial charge in [0.05, 0.1) is 5.69 Å². The molecule has 0 fully saturated rings. The van der Waals surface area contributed by atoms with Gasteiger partial charge in [0.2, 0.25) is 0 Å². The number of hydrogen-bond donors (Lipinski definition) is 1. The molecule has 2 rings (SSSR count). The zero-order chi connectivity index (χ0) is 13.8. The van der Waals surface area contributed by atoms with Gasteiger partial charge in [-0.3, -0.25) is 0 Å². The van der Waals surface area contributed by atoms with Crippen molar-refractivity contribution in [1.29, 1.82) is 0 Å². The van der Waals surface area contributed by atoms with Crippen LogP contribution in [-0.4, -0.2) is 16.6 Å². The number of aryl methyl sites for hydroxylation is 1. The van der Waals surface area contributed by atoms with E-state index in [9.17, 15) is 0 Å². The molecule has 1 N–H and O–H groups in total. The van der Waals surface area contributed by atoms with Gasteiger partial charge in [-0.25, -0.2) is 9.97 Å². The Morgan fingerprint density at radius 1 is 1.21 bits per heavy atom. The number of nitrogens with one attached hydrogen (secondary N) is 1. The Morgan fingerprint density at radius 3 is 2.63 bits per heavy atom. The van der Waals surface area contributed by atoms with Gasteiger partial charge in [0, 0.05) is 31.0 Å². The molecule has 0 aliphatic carbocycles. The Labute approximate surface area is 116 Å². The molecule has 4 nitrogen and oxygen atoms in total. The molecule has 0 radical (unpaired) electrons. The van der Waals surface area contributed by atoms with Gasteiger partial charge in [-0.05, 0) is 19.3 Å². The molecule has 0 saturated carbocycles. The Kier molecular flexibility index (Phi) is 4.88. The molecule has 1 unspecified atom stereocenters. The van der Waals surface area contributed by atoms with Gasteiger partial charge in [0.15, 0.2) is 5.82 Å². The fourth-order valence-corrected chi connectivity index (χ4v) is 2.57. The van der Waals surface area contributed by atoms with Crippen LogP contribution >= 0.6 is 0 Å². The second-order valence-corrected chi connectivity index (χ2v) is 5.43. The average molecular weight is 263 g/mol. The van der Waals surface area contributed by atoms with E-state index in [1.807, 2.05) is 6.92 Å². The molecule has 0 aromatic carbocycles. The van der Waals surface area contributed by atoms with Crippen molar-refractivity contribution in [1.82, 2.24) is 15.3 Å². The quantitative estimate of drug-likeness (QED) is 0.857. The summed E-state index contributed by atoms with van der Waals surface area (Å²) in [6.45, 7) is 11.0. The normalized spacial score (nSPS) is 15.8. The molecule has 0 saturated heterocycles. The molecular weight excluding hydrogens is 238 g/mol. The number of ether oxygens (including phenoxy) is 1. The molecule has 19 heavy (non-hydrogen) atoms. The van der Waals surface area contributed by atoms with Gasteiger partial charge in [-0.2, -0.15) is 0 Å². The molecule has 2 heterocycles. The predicted octanol–water partition coefficient (Wildman–Crippen LogP) is 2.77. The van der Waals surface area contributed by atoms with E-state index in [-0.39, 0.29) is 6.10 Å². The maximum absolute atomic E-state index is 5.84. The highest BCUT2D eigenvalue weighted by Crippen LogP contribution is 2.26. The van der Waals surface area contributed by atoms with E-state index in [1.165, 1.54) is 17.0 Å². The molecule has 106 valence electrons. The Morgan fingerprint density at radius 2 is 2.00 bits per heavy atom. The summed E-state index contributed by atoms with van der Waals surface area (Å²) in [4.78, 5) is 9.54. The summed E-state index contributed by atoms with van der Waals surface area (Å²) >= 11 is 0. The molecule has 0 amide bonds. The Hall–Kier alpha value is -1.00. The summed E-state index contributed by atoms with van der Waals surface area (Å²) in [7, 11) is 0. The third kappa shape index (κ3) is 3.12. The zero-order valence-electron chi connectivity index (χ0n) is 12.5.